The lowest BCUT2D eigenvalue weighted by Crippen LogP contribution is -2.31. The summed E-state index contributed by atoms with van der Waals surface area (Å²) >= 11 is 0. The van der Waals surface area contributed by atoms with E-state index in [1.54, 1.807) is 0 Å². The Morgan fingerprint density at radius 1 is 1.53 bits per heavy atom. The lowest BCUT2D eigenvalue weighted by molar-refractivity contribution is -0.0227. The Morgan fingerprint density at radius 3 is 3.00 bits per heavy atom. The van der Waals surface area contributed by atoms with Crippen LogP contribution in [0.15, 0.2) is 21.9 Å². The Bertz CT molecular complexity index is 597. The molecule has 1 spiro atoms. The van der Waals surface area contributed by atoms with Crippen molar-refractivity contribution in [1.82, 2.24) is 9.55 Å². The summed E-state index contributed by atoms with van der Waals surface area (Å²) in [5.41, 5.74) is -1.20. The van der Waals surface area contributed by atoms with Gasteiger partial charge in [-0.15, -0.1) is 0 Å². The summed E-state index contributed by atoms with van der Waals surface area (Å²) in [6, 6.07) is 1.29. The summed E-state index contributed by atoms with van der Waals surface area (Å²) in [6.07, 6.45) is 3.73. The number of hydrogen-bond acceptors (Lipinski definition) is 5. The molecule has 0 bridgehead atoms. The molecule has 3 unspecified atom stereocenters. The van der Waals surface area contributed by atoms with Gasteiger partial charge in [0.15, 0.2) is 8.38 Å². The van der Waals surface area contributed by atoms with Crippen LogP contribution in [0.5, 0.6) is 0 Å². The molecule has 2 heterocycles. The zero-order valence-electron chi connectivity index (χ0n) is 10.2. The van der Waals surface area contributed by atoms with Crippen LogP contribution in [-0.4, -0.2) is 31.1 Å². The molecule has 1 aliphatic heterocycles. The van der Waals surface area contributed by atoms with Gasteiger partial charge in [0, 0.05) is 18.4 Å². The summed E-state index contributed by atoms with van der Waals surface area (Å²) in [4.78, 5) is 42.9. The number of aromatic nitrogens is 2. The molecule has 8 heteroatoms. The summed E-state index contributed by atoms with van der Waals surface area (Å²) < 4.78 is 7.29. The first-order chi connectivity index (χ1) is 9.00. The molecule has 1 aromatic rings. The highest BCUT2D eigenvalue weighted by molar-refractivity contribution is 7.45. The Morgan fingerprint density at radius 2 is 2.32 bits per heavy atom. The fourth-order valence-electron chi connectivity index (χ4n) is 2.84. The van der Waals surface area contributed by atoms with Crippen LogP contribution in [0, 0.1) is 5.92 Å². The predicted octanol–water partition coefficient (Wildman–Crippen LogP) is -0.0992. The van der Waals surface area contributed by atoms with Crippen LogP contribution in [0.25, 0.3) is 0 Å². The SMILES string of the molecule is O=c1ccn(C2CCC3(CC3CP(O)O)O2)c(=O)[nH]1. The van der Waals surface area contributed by atoms with Gasteiger partial charge in [0.05, 0.1) is 5.60 Å². The summed E-state index contributed by atoms with van der Waals surface area (Å²) in [5.74, 6) is 0.164. The van der Waals surface area contributed by atoms with Crippen LogP contribution >= 0.6 is 8.38 Å². The van der Waals surface area contributed by atoms with Crippen LogP contribution in [0.1, 0.15) is 25.5 Å². The second-order valence-corrected chi connectivity index (χ2v) is 6.26. The Hall–Kier alpha value is -1.01. The minimum absolute atomic E-state index is 0.164. The number of H-pyrrole nitrogens is 1. The van der Waals surface area contributed by atoms with Crippen molar-refractivity contribution in [3.8, 4) is 0 Å². The van der Waals surface area contributed by atoms with E-state index in [1.165, 1.54) is 16.8 Å². The molecule has 1 aromatic heterocycles. The maximum Gasteiger partial charge on any atom is 0.330 e. The first-order valence-corrected chi connectivity index (χ1v) is 7.58. The minimum atomic E-state index is -1.89. The van der Waals surface area contributed by atoms with Gasteiger partial charge in [0.1, 0.15) is 6.23 Å². The van der Waals surface area contributed by atoms with Gasteiger partial charge in [0.2, 0.25) is 0 Å². The minimum Gasteiger partial charge on any atom is -0.351 e. The molecule has 0 amide bonds. The fraction of sp³-hybridized carbons (Fsp3) is 0.636. The second-order valence-electron chi connectivity index (χ2n) is 5.15. The van der Waals surface area contributed by atoms with Gasteiger partial charge in [-0.3, -0.25) is 14.3 Å². The lowest BCUT2D eigenvalue weighted by atomic mass is 10.2. The zero-order valence-corrected chi connectivity index (χ0v) is 11.0. The molecule has 2 fully saturated rings. The number of nitrogens with one attached hydrogen (secondary N) is 1. The van der Waals surface area contributed by atoms with Gasteiger partial charge < -0.3 is 14.5 Å². The summed E-state index contributed by atoms with van der Waals surface area (Å²) in [6.45, 7) is 0. The number of ether oxygens (including phenoxy) is 1. The molecule has 1 saturated heterocycles. The monoisotopic (exact) mass is 286 g/mol. The number of aromatic amines is 1. The fourth-order valence-corrected chi connectivity index (χ4v) is 3.70. The molecule has 0 aromatic carbocycles. The Labute approximate surface area is 109 Å². The highest BCUT2D eigenvalue weighted by Crippen LogP contribution is 2.59. The van der Waals surface area contributed by atoms with E-state index in [0.717, 1.165) is 12.8 Å². The predicted molar refractivity (Wildman–Crippen MR) is 67.7 cm³/mol. The van der Waals surface area contributed by atoms with Crippen LogP contribution < -0.4 is 11.2 Å². The van der Waals surface area contributed by atoms with E-state index in [4.69, 9.17) is 14.5 Å². The van der Waals surface area contributed by atoms with Gasteiger partial charge >= 0.3 is 5.69 Å². The van der Waals surface area contributed by atoms with E-state index in [9.17, 15) is 9.59 Å². The molecule has 1 saturated carbocycles. The first-order valence-electron chi connectivity index (χ1n) is 6.15. The molecule has 104 valence electrons. The van der Waals surface area contributed by atoms with Crippen LogP contribution in [0.3, 0.4) is 0 Å². The molecule has 3 N–H and O–H groups in total. The quantitative estimate of drug-likeness (QED) is 0.673. The van der Waals surface area contributed by atoms with Gasteiger partial charge in [0.25, 0.3) is 5.56 Å². The molecule has 1 aliphatic carbocycles. The van der Waals surface area contributed by atoms with Crippen molar-refractivity contribution >= 4 is 8.38 Å². The highest BCUT2D eigenvalue weighted by atomic mass is 31.2. The van der Waals surface area contributed by atoms with Crippen molar-refractivity contribution in [2.24, 2.45) is 5.92 Å². The normalized spacial score (nSPS) is 33.2. The van der Waals surface area contributed by atoms with Crippen LogP contribution in [0.4, 0.5) is 0 Å². The van der Waals surface area contributed by atoms with E-state index >= 15 is 0 Å². The topological polar surface area (TPSA) is 105 Å². The second kappa shape index (κ2) is 4.52. The molecule has 7 nitrogen and oxygen atoms in total. The maximum absolute atomic E-state index is 11.7. The third-order valence-electron chi connectivity index (χ3n) is 3.91. The van der Waals surface area contributed by atoms with E-state index in [1.807, 2.05) is 0 Å². The molecule has 3 atom stereocenters. The van der Waals surface area contributed by atoms with Crippen LogP contribution in [0.2, 0.25) is 0 Å². The average Bonchev–Trinajstić information content (AvgIpc) is 2.79. The molecule has 0 radical (unpaired) electrons. The maximum atomic E-state index is 11.7. The van der Waals surface area contributed by atoms with Crippen molar-refractivity contribution < 1.29 is 14.5 Å². The lowest BCUT2D eigenvalue weighted by Gasteiger charge is -2.15. The number of nitrogens with zero attached hydrogens (tertiary/aromatic N) is 1. The molecule has 3 rings (SSSR count). The summed E-state index contributed by atoms with van der Waals surface area (Å²) in [7, 11) is -1.89. The van der Waals surface area contributed by atoms with Gasteiger partial charge in [-0.1, -0.05) is 0 Å². The molecule has 2 aliphatic rings. The smallest absolute Gasteiger partial charge is 0.330 e. The van der Waals surface area contributed by atoms with E-state index in [0.29, 0.717) is 12.6 Å². The third kappa shape index (κ3) is 2.39. The van der Waals surface area contributed by atoms with Crippen molar-refractivity contribution in [3.05, 3.63) is 33.1 Å². The van der Waals surface area contributed by atoms with Crippen molar-refractivity contribution in [3.63, 3.8) is 0 Å². The first kappa shape index (κ1) is 13.0. The molecular weight excluding hydrogens is 271 g/mol. The Balaban J connectivity index is 1.73. The van der Waals surface area contributed by atoms with Crippen molar-refractivity contribution in [2.75, 3.05) is 6.16 Å². The van der Waals surface area contributed by atoms with Gasteiger partial charge in [-0.05, 0) is 25.2 Å². The number of rotatable bonds is 3. The standard InChI is InChI=1S/C11H15N2O5P/c14-8-2-4-13(10(15)12-8)9-1-3-11(18-9)5-7(11)6-19(16)17/h2,4,7,9,16-17H,1,3,5-6H2,(H,12,14,15). The highest BCUT2D eigenvalue weighted by Gasteiger charge is 2.60. The van der Waals surface area contributed by atoms with Gasteiger partial charge in [-0.25, -0.2) is 4.79 Å². The van der Waals surface area contributed by atoms with E-state index < -0.39 is 19.6 Å². The third-order valence-corrected chi connectivity index (χ3v) is 4.67. The molecular formula is C11H15N2O5P. The average molecular weight is 286 g/mol. The molecule has 19 heavy (non-hydrogen) atoms. The van der Waals surface area contributed by atoms with Crippen molar-refractivity contribution in [2.45, 2.75) is 31.1 Å². The van der Waals surface area contributed by atoms with E-state index in [2.05, 4.69) is 4.98 Å². The zero-order chi connectivity index (χ0) is 13.6. The van der Waals surface area contributed by atoms with Crippen molar-refractivity contribution in [1.29, 1.82) is 0 Å². The largest absolute Gasteiger partial charge is 0.351 e. The summed E-state index contributed by atoms with van der Waals surface area (Å²) in [5, 5.41) is 0. The van der Waals surface area contributed by atoms with Crippen LogP contribution in [-0.2, 0) is 4.74 Å². The van der Waals surface area contributed by atoms with Gasteiger partial charge in [-0.2, -0.15) is 0 Å². The van der Waals surface area contributed by atoms with E-state index in [-0.39, 0.29) is 17.7 Å². The number of hydrogen-bond donors (Lipinski definition) is 3. The Kier molecular flexibility index (Phi) is 3.09.